The smallest absolute Gasteiger partial charge is 0.404 e. The molecular formula is C35H39F4N5O3S. The summed E-state index contributed by atoms with van der Waals surface area (Å²) in [6.07, 6.45) is -1.50. The van der Waals surface area contributed by atoms with Gasteiger partial charge in [-0.05, 0) is 73.4 Å². The number of hydrogen-bond acceptors (Lipinski definition) is 7. The van der Waals surface area contributed by atoms with Crippen LogP contribution in [0.1, 0.15) is 61.4 Å². The number of carbonyl (C=O) groups is 2. The molecule has 48 heavy (non-hydrogen) atoms. The summed E-state index contributed by atoms with van der Waals surface area (Å²) in [6.45, 7) is 4.48. The maximum Gasteiger partial charge on any atom is 0.416 e. The van der Waals surface area contributed by atoms with Crippen LogP contribution in [0.15, 0.2) is 90.0 Å². The van der Waals surface area contributed by atoms with Crippen molar-refractivity contribution < 1.29 is 32.3 Å². The molecule has 2 heterocycles. The van der Waals surface area contributed by atoms with Gasteiger partial charge in [-0.15, -0.1) is 11.3 Å². The van der Waals surface area contributed by atoms with Crippen LogP contribution in [0, 0.1) is 6.92 Å². The van der Waals surface area contributed by atoms with Gasteiger partial charge in [0.25, 0.3) is 11.8 Å². The minimum Gasteiger partial charge on any atom is -0.404 e. The summed E-state index contributed by atoms with van der Waals surface area (Å²) in [4.78, 5) is 33.6. The van der Waals surface area contributed by atoms with E-state index in [-0.39, 0.29) is 53.7 Å². The number of aryl methyl sites for hydroxylation is 1. The lowest BCUT2D eigenvalue weighted by atomic mass is 9.99. The third kappa shape index (κ3) is 9.61. The highest BCUT2D eigenvalue weighted by atomic mass is 32.1. The molecule has 4 rings (SSSR count). The van der Waals surface area contributed by atoms with E-state index in [9.17, 15) is 32.3 Å². The maximum absolute atomic E-state index is 14.0. The molecule has 0 spiro atoms. The van der Waals surface area contributed by atoms with Crippen molar-refractivity contribution in [1.82, 2.24) is 20.5 Å². The van der Waals surface area contributed by atoms with Crippen LogP contribution in [0.2, 0.25) is 0 Å². The Morgan fingerprint density at radius 2 is 1.92 bits per heavy atom. The van der Waals surface area contributed by atoms with Crippen LogP contribution in [-0.2, 0) is 13.1 Å². The fraction of sp³-hybridized carbons (Fsp3) is 0.343. The normalized spacial score (nSPS) is 16.9. The predicted octanol–water partition coefficient (Wildman–Crippen LogP) is 5.71. The van der Waals surface area contributed by atoms with Crippen molar-refractivity contribution in [3.63, 3.8) is 0 Å². The van der Waals surface area contributed by atoms with Crippen molar-refractivity contribution >= 4 is 23.2 Å². The third-order valence-electron chi connectivity index (χ3n) is 7.96. The Bertz CT molecular complexity index is 1640. The molecule has 3 atom stereocenters. The number of likely N-dealkylation sites (tertiary alicyclic amines) is 1. The van der Waals surface area contributed by atoms with Crippen molar-refractivity contribution in [2.75, 3.05) is 19.6 Å². The zero-order valence-electron chi connectivity index (χ0n) is 26.5. The quantitative estimate of drug-likeness (QED) is 0.128. The minimum atomic E-state index is -4.61. The number of alkyl halides is 4. The van der Waals surface area contributed by atoms with E-state index in [1.807, 2.05) is 42.6 Å². The minimum absolute atomic E-state index is 0.0511. The summed E-state index contributed by atoms with van der Waals surface area (Å²) in [7, 11) is 0. The first kappa shape index (κ1) is 36.5. The van der Waals surface area contributed by atoms with Crippen LogP contribution in [0.25, 0.3) is 0 Å². The second kappa shape index (κ2) is 16.7. The molecule has 1 aliphatic heterocycles. The molecule has 0 saturated carbocycles. The van der Waals surface area contributed by atoms with Crippen LogP contribution in [0.5, 0.6) is 0 Å². The van der Waals surface area contributed by atoms with E-state index in [4.69, 9.17) is 5.73 Å². The number of nitrogens with two attached hydrogens (primary N) is 1. The van der Waals surface area contributed by atoms with E-state index in [1.165, 1.54) is 29.5 Å². The average molecular weight is 686 g/mol. The van der Waals surface area contributed by atoms with E-state index < -0.39 is 36.5 Å². The van der Waals surface area contributed by atoms with Gasteiger partial charge in [0.1, 0.15) is 11.7 Å². The van der Waals surface area contributed by atoms with Gasteiger partial charge >= 0.3 is 6.18 Å². The fourth-order valence-corrected chi connectivity index (χ4v) is 6.45. The summed E-state index contributed by atoms with van der Waals surface area (Å²) in [5.74, 6) is -0.957. The first-order chi connectivity index (χ1) is 22.9. The Balaban J connectivity index is 1.52. The van der Waals surface area contributed by atoms with Crippen LogP contribution in [0.3, 0.4) is 0 Å². The van der Waals surface area contributed by atoms with Gasteiger partial charge in [-0.25, -0.2) is 9.37 Å². The molecule has 0 aliphatic carbocycles. The summed E-state index contributed by atoms with van der Waals surface area (Å²) in [6, 6.07) is 12.2. The number of halogens is 4. The number of rotatable bonds is 14. The molecule has 5 N–H and O–H groups in total. The van der Waals surface area contributed by atoms with Gasteiger partial charge in [-0.3, -0.25) is 9.59 Å². The standard InChI is InChI=1S/C35H39F4N5O3S/c1-3-28(35(37,38)39)14-25(18-40)19-41-20-31(45)29(15-23-8-5-4-6-9-23)43-32(46)26-12-24(17-36)13-27(16-26)34(47)44-11-7-10-30(44)33-42-22(2)21-48-33/h3-6,8-9,12-14,16,18,21,29-31,41,45H,1,7,10-11,15,17,19-20,40H2,2H3,(H,43,46)/b25-18+,28-14+/t29-,30+,31+/m0/s1. The molecule has 1 aliphatic rings. The van der Waals surface area contributed by atoms with Crippen molar-refractivity contribution in [3.05, 3.63) is 123 Å². The van der Waals surface area contributed by atoms with Crippen molar-refractivity contribution in [3.8, 4) is 0 Å². The lowest BCUT2D eigenvalue weighted by molar-refractivity contribution is -0.0882. The second-order valence-electron chi connectivity index (χ2n) is 11.5. The van der Waals surface area contributed by atoms with Crippen LogP contribution < -0.4 is 16.4 Å². The molecule has 0 bridgehead atoms. The zero-order chi connectivity index (χ0) is 34.8. The fourth-order valence-electron chi connectivity index (χ4n) is 5.51. The Kier molecular flexibility index (Phi) is 12.7. The van der Waals surface area contributed by atoms with Crippen LogP contribution >= 0.6 is 11.3 Å². The number of carbonyl (C=O) groups excluding carboxylic acids is 2. The third-order valence-corrected chi connectivity index (χ3v) is 9.02. The van der Waals surface area contributed by atoms with E-state index in [0.29, 0.717) is 12.6 Å². The lowest BCUT2D eigenvalue weighted by Gasteiger charge is -2.26. The number of thiazole rings is 1. The SMILES string of the molecule is C=C/C(=C\C(=C/N)CNC[C@@H](O)[C@H](Cc1ccccc1)NC(=O)c1cc(CF)cc(C(=O)N2CCC[C@@H]2c2nc(C)cs2)c1)C(F)(F)F. The van der Waals surface area contributed by atoms with Gasteiger partial charge in [0.2, 0.25) is 0 Å². The molecule has 2 amide bonds. The summed E-state index contributed by atoms with van der Waals surface area (Å²) >= 11 is 1.48. The Morgan fingerprint density at radius 1 is 1.19 bits per heavy atom. The maximum atomic E-state index is 14.0. The summed E-state index contributed by atoms with van der Waals surface area (Å²) < 4.78 is 53.5. The average Bonchev–Trinajstić information content (AvgIpc) is 3.74. The first-order valence-electron chi connectivity index (χ1n) is 15.4. The van der Waals surface area contributed by atoms with Gasteiger partial charge in [-0.2, -0.15) is 13.2 Å². The van der Waals surface area contributed by atoms with E-state index in [2.05, 4.69) is 22.2 Å². The highest BCUT2D eigenvalue weighted by Crippen LogP contribution is 2.35. The van der Waals surface area contributed by atoms with Crippen molar-refractivity contribution in [2.45, 2.75) is 57.2 Å². The highest BCUT2D eigenvalue weighted by molar-refractivity contribution is 7.09. The van der Waals surface area contributed by atoms with Gasteiger partial charge in [0.15, 0.2) is 0 Å². The zero-order valence-corrected chi connectivity index (χ0v) is 27.3. The molecule has 1 fully saturated rings. The van der Waals surface area contributed by atoms with Crippen molar-refractivity contribution in [1.29, 1.82) is 0 Å². The Morgan fingerprint density at radius 3 is 2.54 bits per heavy atom. The summed E-state index contributed by atoms with van der Waals surface area (Å²) in [5, 5.41) is 19.6. The predicted molar refractivity (Wildman–Crippen MR) is 178 cm³/mol. The second-order valence-corrected chi connectivity index (χ2v) is 12.4. The van der Waals surface area contributed by atoms with E-state index >= 15 is 0 Å². The first-order valence-corrected chi connectivity index (χ1v) is 16.3. The molecule has 1 aromatic heterocycles. The molecule has 0 unspecified atom stereocenters. The van der Waals surface area contributed by atoms with Crippen LogP contribution in [-0.4, -0.2) is 64.8 Å². The molecule has 0 radical (unpaired) electrons. The number of aromatic nitrogens is 1. The Hall–Kier alpha value is -4.33. The highest BCUT2D eigenvalue weighted by Gasteiger charge is 2.34. The number of benzene rings is 2. The molecule has 256 valence electrons. The number of aliphatic hydroxyl groups excluding tert-OH is 1. The molecule has 2 aromatic carbocycles. The topological polar surface area (TPSA) is 121 Å². The van der Waals surface area contributed by atoms with Crippen molar-refractivity contribution in [2.24, 2.45) is 5.73 Å². The molecule has 3 aromatic rings. The van der Waals surface area contributed by atoms with Gasteiger partial charge in [-0.1, -0.05) is 43.0 Å². The number of amides is 2. The largest absolute Gasteiger partial charge is 0.416 e. The lowest BCUT2D eigenvalue weighted by Crippen LogP contribution is -2.49. The number of nitrogens with one attached hydrogen (secondary N) is 2. The molecule has 8 nitrogen and oxygen atoms in total. The Labute approximate surface area is 281 Å². The summed E-state index contributed by atoms with van der Waals surface area (Å²) in [5.41, 5.74) is 6.73. The number of allylic oxidation sites excluding steroid dienone is 2. The van der Waals surface area contributed by atoms with Gasteiger partial charge < -0.3 is 26.4 Å². The number of nitrogens with zero attached hydrogens (tertiary/aromatic N) is 2. The monoisotopic (exact) mass is 685 g/mol. The molecule has 13 heteroatoms. The molecule has 1 saturated heterocycles. The van der Waals surface area contributed by atoms with E-state index in [1.54, 1.807) is 4.90 Å². The van der Waals surface area contributed by atoms with Gasteiger partial charge in [0.05, 0.1) is 23.8 Å². The molecular weight excluding hydrogens is 646 g/mol. The number of hydrogen-bond donors (Lipinski definition) is 4. The van der Waals surface area contributed by atoms with Crippen LogP contribution in [0.4, 0.5) is 17.6 Å². The van der Waals surface area contributed by atoms with Gasteiger partial charge in [0, 0.05) is 41.8 Å². The van der Waals surface area contributed by atoms with E-state index in [0.717, 1.165) is 41.4 Å². The number of aliphatic hydroxyl groups is 1.